The fourth-order valence-corrected chi connectivity index (χ4v) is 2.90. The Bertz CT molecular complexity index is 722. The van der Waals surface area contributed by atoms with Crippen LogP contribution in [-0.2, 0) is 14.3 Å². The van der Waals surface area contributed by atoms with Crippen LogP contribution in [0.3, 0.4) is 0 Å². The zero-order valence-corrected chi connectivity index (χ0v) is 14.5. The summed E-state index contributed by atoms with van der Waals surface area (Å²) in [5.74, 6) is -3.31. The van der Waals surface area contributed by atoms with E-state index >= 15 is 0 Å². The van der Waals surface area contributed by atoms with Crippen molar-refractivity contribution in [2.75, 3.05) is 12.4 Å². The quantitative estimate of drug-likeness (QED) is 0.650. The van der Waals surface area contributed by atoms with Crippen molar-refractivity contribution in [3.05, 3.63) is 36.7 Å². The molecule has 4 atom stereocenters. The van der Waals surface area contributed by atoms with E-state index in [0.717, 1.165) is 6.92 Å². The van der Waals surface area contributed by atoms with Gasteiger partial charge in [-0.2, -0.15) is 13.2 Å². The van der Waals surface area contributed by atoms with Gasteiger partial charge in [0.15, 0.2) is 5.60 Å². The zero-order chi connectivity index (χ0) is 19.7. The number of nitrogens with one attached hydrogen (secondary N) is 1. The maximum atomic E-state index is 13.4. The van der Waals surface area contributed by atoms with Crippen molar-refractivity contribution in [3.8, 4) is 0 Å². The number of hydrogen-bond donors (Lipinski definition) is 1. The first-order valence-electron chi connectivity index (χ1n) is 7.77. The highest BCUT2D eigenvalue weighted by Gasteiger charge is 2.64. The Hall–Kier alpha value is -2.42. The van der Waals surface area contributed by atoms with E-state index in [9.17, 15) is 22.8 Å². The predicted molar refractivity (Wildman–Crippen MR) is 86.4 cm³/mol. The summed E-state index contributed by atoms with van der Waals surface area (Å²) in [6.07, 6.45) is -3.45. The molecule has 9 heteroatoms. The fraction of sp³-hybridized carbons (Fsp3) is 0.471. The third-order valence-electron chi connectivity index (χ3n) is 4.68. The van der Waals surface area contributed by atoms with E-state index in [1.807, 2.05) is 0 Å². The van der Waals surface area contributed by atoms with Crippen LogP contribution in [0.2, 0.25) is 0 Å². The summed E-state index contributed by atoms with van der Waals surface area (Å²) < 4.78 is 49.9. The summed E-state index contributed by atoms with van der Waals surface area (Å²) >= 11 is 0. The molecule has 1 amide bonds. The minimum Gasteiger partial charge on any atom is -0.464 e. The molecule has 0 aromatic carbocycles. The molecule has 2 rings (SSSR count). The van der Waals surface area contributed by atoms with Gasteiger partial charge in [-0.3, -0.25) is 4.79 Å². The largest absolute Gasteiger partial charge is 0.464 e. The minimum atomic E-state index is -4.64. The summed E-state index contributed by atoms with van der Waals surface area (Å²) in [5.41, 5.74) is -2.33. The monoisotopic (exact) mass is 372 g/mol. The number of anilines is 1. The van der Waals surface area contributed by atoms with Crippen LogP contribution in [-0.4, -0.2) is 41.9 Å². The first kappa shape index (κ1) is 19.9. The molecular formula is C17H19F3N2O4. The van der Waals surface area contributed by atoms with Gasteiger partial charge in [-0.25, -0.2) is 9.78 Å². The Kier molecular flexibility index (Phi) is 5.41. The highest BCUT2D eigenvalue weighted by Crippen LogP contribution is 2.50. The Morgan fingerprint density at radius 1 is 1.46 bits per heavy atom. The molecule has 26 heavy (non-hydrogen) atoms. The summed E-state index contributed by atoms with van der Waals surface area (Å²) in [6.45, 7) is 5.82. The average molecular weight is 372 g/mol. The number of hydrogen-bond acceptors (Lipinski definition) is 5. The lowest BCUT2D eigenvalue weighted by molar-refractivity contribution is -0.272. The van der Waals surface area contributed by atoms with Crippen molar-refractivity contribution in [1.29, 1.82) is 0 Å². The Morgan fingerprint density at radius 2 is 2.12 bits per heavy atom. The second-order valence-corrected chi connectivity index (χ2v) is 6.16. The van der Waals surface area contributed by atoms with Crippen molar-refractivity contribution in [2.45, 2.75) is 31.7 Å². The standard InChI is InChI=1S/C17H19F3N2O4/c1-5-11-9(2)16(3,17(18,19)20)26-13(11)14(23)22-10-6-7-21-12(8-10)15(24)25-4/h5-9,11,13H,1H2,2-4H3,(H,21,22,23)/t9-,11+,13+,16+/m0/s1. The lowest BCUT2D eigenvalue weighted by atomic mass is 9.81. The molecule has 0 unspecified atom stereocenters. The number of aromatic nitrogens is 1. The molecule has 0 bridgehead atoms. The van der Waals surface area contributed by atoms with Gasteiger partial charge in [-0.15, -0.1) is 6.58 Å². The van der Waals surface area contributed by atoms with Crippen LogP contribution in [0, 0.1) is 11.8 Å². The number of alkyl halides is 3. The molecule has 1 saturated heterocycles. The van der Waals surface area contributed by atoms with Gasteiger partial charge in [0.1, 0.15) is 11.8 Å². The van der Waals surface area contributed by atoms with Crippen molar-refractivity contribution in [3.63, 3.8) is 0 Å². The number of pyridine rings is 1. The molecule has 2 heterocycles. The number of carbonyl (C=O) groups excluding carboxylic acids is 2. The number of amides is 1. The first-order valence-corrected chi connectivity index (χ1v) is 7.77. The van der Waals surface area contributed by atoms with E-state index in [0.29, 0.717) is 0 Å². The van der Waals surface area contributed by atoms with Gasteiger partial charge in [0.25, 0.3) is 5.91 Å². The number of rotatable bonds is 4. The van der Waals surface area contributed by atoms with Crippen molar-refractivity contribution in [1.82, 2.24) is 4.98 Å². The second kappa shape index (κ2) is 7.06. The summed E-state index contributed by atoms with van der Waals surface area (Å²) in [6, 6.07) is 2.66. The first-order chi connectivity index (χ1) is 12.0. The summed E-state index contributed by atoms with van der Waals surface area (Å²) in [4.78, 5) is 27.8. The second-order valence-electron chi connectivity index (χ2n) is 6.16. The maximum absolute atomic E-state index is 13.4. The van der Waals surface area contributed by atoms with Crippen LogP contribution in [0.15, 0.2) is 31.0 Å². The van der Waals surface area contributed by atoms with Gasteiger partial charge >= 0.3 is 12.1 Å². The molecule has 142 valence electrons. The van der Waals surface area contributed by atoms with Gasteiger partial charge in [-0.05, 0) is 19.1 Å². The van der Waals surface area contributed by atoms with E-state index in [1.165, 1.54) is 38.4 Å². The SMILES string of the molecule is C=C[C@H]1[C@H](C(=O)Nc2ccnc(C(=O)OC)c2)O[C@@](C)(C(F)(F)F)[C@H]1C. The number of ether oxygens (including phenoxy) is 2. The molecule has 0 saturated carbocycles. The molecular weight excluding hydrogens is 353 g/mol. The maximum Gasteiger partial charge on any atom is 0.417 e. The average Bonchev–Trinajstić information content (AvgIpc) is 2.86. The predicted octanol–water partition coefficient (Wildman–Crippen LogP) is 2.96. The summed E-state index contributed by atoms with van der Waals surface area (Å²) in [5, 5.41) is 2.45. The van der Waals surface area contributed by atoms with Crippen molar-refractivity contribution < 1.29 is 32.2 Å². The van der Waals surface area contributed by atoms with Gasteiger partial charge in [0.2, 0.25) is 0 Å². The zero-order valence-electron chi connectivity index (χ0n) is 14.5. The van der Waals surface area contributed by atoms with E-state index < -0.39 is 41.6 Å². The van der Waals surface area contributed by atoms with Gasteiger partial charge < -0.3 is 14.8 Å². The Balaban J connectivity index is 2.24. The molecule has 1 aromatic rings. The minimum absolute atomic E-state index is 0.0496. The third-order valence-corrected chi connectivity index (χ3v) is 4.68. The van der Waals surface area contributed by atoms with Crippen molar-refractivity contribution >= 4 is 17.6 Å². The molecule has 1 fully saturated rings. The number of esters is 1. The number of methoxy groups -OCH3 is 1. The van der Waals surface area contributed by atoms with Crippen LogP contribution in [0.4, 0.5) is 18.9 Å². The lowest BCUT2D eigenvalue weighted by Gasteiger charge is -2.31. The normalized spacial score (nSPS) is 28.5. The summed E-state index contributed by atoms with van der Waals surface area (Å²) in [7, 11) is 1.18. The topological polar surface area (TPSA) is 77.5 Å². The van der Waals surface area contributed by atoms with Crippen LogP contribution < -0.4 is 5.32 Å². The van der Waals surface area contributed by atoms with Crippen LogP contribution >= 0.6 is 0 Å². The van der Waals surface area contributed by atoms with E-state index in [2.05, 4.69) is 21.6 Å². The molecule has 0 radical (unpaired) electrons. The smallest absolute Gasteiger partial charge is 0.417 e. The molecule has 1 aromatic heterocycles. The molecule has 1 aliphatic rings. The molecule has 0 aliphatic carbocycles. The van der Waals surface area contributed by atoms with Crippen LogP contribution in [0.1, 0.15) is 24.3 Å². The van der Waals surface area contributed by atoms with Gasteiger partial charge in [0.05, 0.1) is 7.11 Å². The fourth-order valence-electron chi connectivity index (χ4n) is 2.90. The number of carbonyl (C=O) groups is 2. The van der Waals surface area contributed by atoms with E-state index in [4.69, 9.17) is 4.74 Å². The number of nitrogens with zero attached hydrogens (tertiary/aromatic N) is 1. The Labute approximate surface area is 148 Å². The van der Waals surface area contributed by atoms with Crippen LogP contribution in [0.25, 0.3) is 0 Å². The van der Waals surface area contributed by atoms with E-state index in [-0.39, 0.29) is 11.4 Å². The van der Waals surface area contributed by atoms with Crippen molar-refractivity contribution in [2.24, 2.45) is 11.8 Å². The highest BCUT2D eigenvalue weighted by atomic mass is 19.4. The molecule has 0 spiro atoms. The third kappa shape index (κ3) is 3.44. The molecule has 6 nitrogen and oxygen atoms in total. The Morgan fingerprint density at radius 3 is 2.65 bits per heavy atom. The van der Waals surface area contributed by atoms with Gasteiger partial charge in [0, 0.05) is 23.7 Å². The molecule has 1 aliphatic heterocycles. The van der Waals surface area contributed by atoms with Gasteiger partial charge in [-0.1, -0.05) is 13.0 Å². The van der Waals surface area contributed by atoms with Crippen LogP contribution in [0.5, 0.6) is 0 Å². The van der Waals surface area contributed by atoms with E-state index in [1.54, 1.807) is 0 Å². The number of halogens is 3. The highest BCUT2D eigenvalue weighted by molar-refractivity contribution is 5.96. The lowest BCUT2D eigenvalue weighted by Crippen LogP contribution is -2.47. The molecule has 1 N–H and O–H groups in total.